The molecule has 1 aliphatic heterocycles. The number of aromatic nitrogens is 3. The van der Waals surface area contributed by atoms with Crippen molar-refractivity contribution < 1.29 is 18.3 Å². The first-order valence-corrected chi connectivity index (χ1v) is 12.7. The van der Waals surface area contributed by atoms with Gasteiger partial charge in [-0.3, -0.25) is 4.98 Å². The molecular weight excluding hydrogens is 526 g/mol. The lowest BCUT2D eigenvalue weighted by Crippen LogP contribution is -2.57. The molecule has 1 fully saturated rings. The molecule has 1 saturated heterocycles. The molecule has 1 aliphatic rings. The van der Waals surface area contributed by atoms with Gasteiger partial charge >= 0.3 is 6.09 Å². The molecule has 1 amide bonds. The molecule has 1 atom stereocenters. The van der Waals surface area contributed by atoms with Crippen LogP contribution in [0.3, 0.4) is 0 Å². The molecule has 0 saturated carbocycles. The van der Waals surface area contributed by atoms with Crippen LogP contribution in [0, 0.1) is 18.2 Å². The Balaban J connectivity index is 1.55. The summed E-state index contributed by atoms with van der Waals surface area (Å²) < 4.78 is 35.8. The Hall–Kier alpha value is -4.10. The average molecular weight is 551 g/mol. The number of pyridine rings is 1. The molecule has 0 N–H and O–H groups in total. The number of nitrogens with zero attached hydrogens (tertiary/aromatic N) is 6. The van der Waals surface area contributed by atoms with Crippen LogP contribution in [0.5, 0.6) is 0 Å². The maximum absolute atomic E-state index is 16.0. The molecule has 0 aliphatic carbocycles. The highest BCUT2D eigenvalue weighted by Crippen LogP contribution is 2.38. The SMILES string of the molecule is [C-]#[N+]CC1CN(C(=O)OC(C)(C)C)CCN1c1ncnc2c(F)c(-c3cccc4ccc(F)c(Cl)c34)ncc12. The van der Waals surface area contributed by atoms with Crippen molar-refractivity contribution in [1.29, 1.82) is 0 Å². The van der Waals surface area contributed by atoms with Gasteiger partial charge in [0.05, 0.1) is 17.0 Å². The number of hydrogen-bond donors (Lipinski definition) is 0. The van der Waals surface area contributed by atoms with Crippen LogP contribution in [-0.2, 0) is 4.74 Å². The van der Waals surface area contributed by atoms with Crippen LogP contribution in [0.2, 0.25) is 5.02 Å². The normalized spacial score (nSPS) is 16.0. The summed E-state index contributed by atoms with van der Waals surface area (Å²) in [5, 5.41) is 1.25. The van der Waals surface area contributed by atoms with Gasteiger partial charge < -0.3 is 19.4 Å². The number of carbonyl (C=O) groups is 1. The Bertz CT molecular complexity index is 1630. The van der Waals surface area contributed by atoms with E-state index >= 15 is 4.39 Å². The van der Waals surface area contributed by atoms with E-state index in [1.807, 2.05) is 4.90 Å². The number of halogens is 3. The molecule has 8 nitrogen and oxygen atoms in total. The van der Waals surface area contributed by atoms with E-state index in [0.717, 1.165) is 0 Å². The van der Waals surface area contributed by atoms with E-state index in [1.165, 1.54) is 18.6 Å². The molecule has 11 heteroatoms. The fraction of sp³-hybridized carbons (Fsp3) is 0.321. The Kier molecular flexibility index (Phi) is 6.95. The highest BCUT2D eigenvalue weighted by molar-refractivity contribution is 6.36. The smallest absolute Gasteiger partial charge is 0.410 e. The third-order valence-corrected chi connectivity index (χ3v) is 6.87. The lowest BCUT2D eigenvalue weighted by Gasteiger charge is -2.40. The van der Waals surface area contributed by atoms with Gasteiger partial charge in [0.1, 0.15) is 40.8 Å². The van der Waals surface area contributed by atoms with Crippen molar-refractivity contribution >= 4 is 45.2 Å². The number of fused-ring (bicyclic) bond motifs is 2. The van der Waals surface area contributed by atoms with E-state index in [9.17, 15) is 9.18 Å². The molecule has 4 aromatic rings. The first-order chi connectivity index (χ1) is 18.6. The minimum Gasteiger partial charge on any atom is -0.444 e. The van der Waals surface area contributed by atoms with Crippen molar-refractivity contribution in [3.05, 3.63) is 70.9 Å². The van der Waals surface area contributed by atoms with E-state index in [4.69, 9.17) is 22.9 Å². The number of rotatable bonds is 3. The summed E-state index contributed by atoms with van der Waals surface area (Å²) in [6, 6.07) is 7.56. The van der Waals surface area contributed by atoms with Gasteiger partial charge in [-0.25, -0.2) is 30.1 Å². The lowest BCUT2D eigenvalue weighted by atomic mass is 10.0. The molecule has 0 bridgehead atoms. The molecule has 3 heterocycles. The van der Waals surface area contributed by atoms with E-state index in [2.05, 4.69) is 19.8 Å². The zero-order valence-corrected chi connectivity index (χ0v) is 22.3. The van der Waals surface area contributed by atoms with E-state index < -0.39 is 29.4 Å². The number of piperazine rings is 1. The van der Waals surface area contributed by atoms with Gasteiger partial charge in [0, 0.05) is 30.2 Å². The lowest BCUT2D eigenvalue weighted by molar-refractivity contribution is 0.0218. The summed E-state index contributed by atoms with van der Waals surface area (Å²) in [6.07, 6.45) is 2.28. The highest BCUT2D eigenvalue weighted by atomic mass is 35.5. The minimum absolute atomic E-state index is 0.0160. The van der Waals surface area contributed by atoms with Gasteiger partial charge in [0.15, 0.2) is 5.82 Å². The van der Waals surface area contributed by atoms with Gasteiger partial charge in [0.25, 0.3) is 0 Å². The Labute approximate surface area is 229 Å². The highest BCUT2D eigenvalue weighted by Gasteiger charge is 2.35. The van der Waals surface area contributed by atoms with Gasteiger partial charge in [-0.2, -0.15) is 0 Å². The van der Waals surface area contributed by atoms with Crippen molar-refractivity contribution in [2.75, 3.05) is 31.1 Å². The largest absolute Gasteiger partial charge is 0.444 e. The monoisotopic (exact) mass is 550 g/mol. The summed E-state index contributed by atoms with van der Waals surface area (Å²) in [6.45, 7) is 13.9. The van der Waals surface area contributed by atoms with Crippen LogP contribution in [-0.4, -0.2) is 63.8 Å². The van der Waals surface area contributed by atoms with Crippen molar-refractivity contribution in [2.24, 2.45) is 0 Å². The standard InChI is InChI=1S/C28H25ClF2N6O2/c1-28(2,3)39-27(38)36-10-11-37(17(14-36)12-32-4)26-19-13-33-24(23(31)25(19)34-15-35-26)18-7-5-6-16-8-9-20(30)22(29)21(16)18/h5-9,13,15,17H,10-12,14H2,1-3H3. The molecule has 0 radical (unpaired) electrons. The Morgan fingerprint density at radius 2 is 1.97 bits per heavy atom. The van der Waals surface area contributed by atoms with Gasteiger partial charge in [-0.05, 0) is 32.2 Å². The van der Waals surface area contributed by atoms with Crippen LogP contribution >= 0.6 is 11.6 Å². The summed E-state index contributed by atoms with van der Waals surface area (Å²) in [7, 11) is 0. The molecule has 1 unspecified atom stereocenters. The first-order valence-electron chi connectivity index (χ1n) is 12.3. The van der Waals surface area contributed by atoms with Crippen molar-refractivity contribution in [3.63, 3.8) is 0 Å². The van der Waals surface area contributed by atoms with Gasteiger partial charge in [-0.15, -0.1) is 0 Å². The predicted octanol–water partition coefficient (Wildman–Crippen LogP) is 6.12. The summed E-state index contributed by atoms with van der Waals surface area (Å²) >= 11 is 6.27. The molecule has 2 aromatic heterocycles. The van der Waals surface area contributed by atoms with Crippen molar-refractivity contribution in [2.45, 2.75) is 32.4 Å². The number of carbonyl (C=O) groups excluding carboxylic acids is 1. The molecular formula is C28H25ClF2N6O2. The second kappa shape index (κ2) is 10.2. The van der Waals surface area contributed by atoms with Crippen molar-refractivity contribution in [1.82, 2.24) is 19.9 Å². The zero-order valence-electron chi connectivity index (χ0n) is 21.6. The minimum atomic E-state index is -0.696. The third-order valence-electron chi connectivity index (χ3n) is 6.50. The summed E-state index contributed by atoms with van der Waals surface area (Å²) in [5.41, 5.74) is -0.287. The quantitative estimate of drug-likeness (QED) is 0.286. The third kappa shape index (κ3) is 5.02. The average Bonchev–Trinajstić information content (AvgIpc) is 2.90. The van der Waals surface area contributed by atoms with E-state index in [0.29, 0.717) is 40.6 Å². The Morgan fingerprint density at radius 1 is 1.18 bits per heavy atom. The van der Waals surface area contributed by atoms with Gasteiger partial charge in [-0.1, -0.05) is 35.9 Å². The molecule has 2 aromatic carbocycles. The van der Waals surface area contributed by atoms with Crippen LogP contribution in [0.15, 0.2) is 42.9 Å². The van der Waals surface area contributed by atoms with E-state index in [1.54, 1.807) is 49.9 Å². The summed E-state index contributed by atoms with van der Waals surface area (Å²) in [4.78, 5) is 32.7. The molecule has 0 spiro atoms. The van der Waals surface area contributed by atoms with Crippen molar-refractivity contribution in [3.8, 4) is 11.3 Å². The first kappa shape index (κ1) is 26.5. The Morgan fingerprint density at radius 3 is 2.72 bits per heavy atom. The number of amides is 1. The second-order valence-electron chi connectivity index (χ2n) is 10.3. The molecule has 200 valence electrons. The fourth-order valence-electron chi connectivity index (χ4n) is 4.79. The maximum Gasteiger partial charge on any atom is 0.410 e. The van der Waals surface area contributed by atoms with Crippen LogP contribution in [0.25, 0.3) is 37.8 Å². The van der Waals surface area contributed by atoms with E-state index in [-0.39, 0.29) is 29.3 Å². The molecule has 39 heavy (non-hydrogen) atoms. The van der Waals surface area contributed by atoms with Gasteiger partial charge in [0.2, 0.25) is 6.54 Å². The summed E-state index contributed by atoms with van der Waals surface area (Å²) in [5.74, 6) is -0.894. The fourth-order valence-corrected chi connectivity index (χ4v) is 5.06. The maximum atomic E-state index is 16.0. The van der Waals surface area contributed by atoms with Crippen LogP contribution in [0.1, 0.15) is 20.8 Å². The second-order valence-corrected chi connectivity index (χ2v) is 10.6. The molecule has 5 rings (SSSR count). The number of hydrogen-bond acceptors (Lipinski definition) is 6. The zero-order chi connectivity index (χ0) is 27.9. The topological polar surface area (TPSA) is 75.8 Å². The predicted molar refractivity (Wildman–Crippen MR) is 146 cm³/mol. The van der Waals surface area contributed by atoms with Crippen LogP contribution < -0.4 is 4.90 Å². The number of anilines is 1. The number of benzene rings is 2. The number of ether oxygens (including phenoxy) is 1. The van der Waals surface area contributed by atoms with Crippen LogP contribution in [0.4, 0.5) is 19.4 Å².